The number of benzene rings is 1. The van der Waals surface area contributed by atoms with Gasteiger partial charge >= 0.3 is 5.97 Å². The van der Waals surface area contributed by atoms with E-state index in [1.54, 1.807) is 25.3 Å². The van der Waals surface area contributed by atoms with E-state index in [1.165, 1.54) is 6.26 Å². The van der Waals surface area contributed by atoms with Gasteiger partial charge in [0.15, 0.2) is 6.10 Å². The molecule has 1 aromatic carbocycles. The van der Waals surface area contributed by atoms with Crippen molar-refractivity contribution in [3.8, 4) is 0 Å². The van der Waals surface area contributed by atoms with E-state index < -0.39 is 18.0 Å². The highest BCUT2D eigenvalue weighted by atomic mass is 16.5. The summed E-state index contributed by atoms with van der Waals surface area (Å²) in [6.45, 7) is 1.79. The number of fused-ring (bicyclic) bond motifs is 2. The van der Waals surface area contributed by atoms with E-state index in [0.29, 0.717) is 28.6 Å². The van der Waals surface area contributed by atoms with Crippen molar-refractivity contribution in [1.82, 2.24) is 10.3 Å². The Hall–Kier alpha value is -4.13. The molecule has 1 aliphatic carbocycles. The Balaban J connectivity index is 1.46. The Labute approximate surface area is 196 Å². The number of amides is 1. The fraction of sp³-hybridized carbons (Fsp3) is 0.222. The van der Waals surface area contributed by atoms with Crippen molar-refractivity contribution in [3.63, 3.8) is 0 Å². The number of carbonyl (C=O) groups is 2. The zero-order valence-corrected chi connectivity index (χ0v) is 18.7. The van der Waals surface area contributed by atoms with E-state index in [9.17, 15) is 9.59 Å². The highest BCUT2D eigenvalue weighted by Gasteiger charge is 2.28. The van der Waals surface area contributed by atoms with E-state index in [1.807, 2.05) is 42.5 Å². The number of hydrogen-bond donors (Lipinski definition) is 1. The van der Waals surface area contributed by atoms with E-state index in [4.69, 9.17) is 18.6 Å². The lowest BCUT2D eigenvalue weighted by Crippen LogP contribution is -2.35. The molecular formula is C27H24N2O5. The number of rotatable bonds is 6. The maximum Gasteiger partial charge on any atom is 0.339 e. The van der Waals surface area contributed by atoms with Gasteiger partial charge in [-0.15, -0.1) is 0 Å². The summed E-state index contributed by atoms with van der Waals surface area (Å²) >= 11 is 0. The molecule has 0 bridgehead atoms. The molecule has 7 nitrogen and oxygen atoms in total. The van der Waals surface area contributed by atoms with E-state index in [-0.39, 0.29) is 6.54 Å². The molecule has 3 aromatic heterocycles. The average molecular weight is 456 g/mol. The summed E-state index contributed by atoms with van der Waals surface area (Å²) in [5.41, 5.74) is 3.81. The maximum atomic E-state index is 13.4. The lowest BCUT2D eigenvalue weighted by molar-refractivity contribution is -0.129. The third-order valence-electron chi connectivity index (χ3n) is 5.90. The lowest BCUT2D eigenvalue weighted by Gasteiger charge is -2.23. The first-order valence-electron chi connectivity index (χ1n) is 11.3. The van der Waals surface area contributed by atoms with Gasteiger partial charge in [0.1, 0.15) is 11.5 Å². The normalized spacial score (nSPS) is 15.1. The third-order valence-corrected chi connectivity index (χ3v) is 5.90. The summed E-state index contributed by atoms with van der Waals surface area (Å²) in [6.07, 6.45) is 6.58. The minimum atomic E-state index is -0.966. The van der Waals surface area contributed by atoms with Crippen molar-refractivity contribution in [2.75, 3.05) is 0 Å². The Bertz CT molecular complexity index is 1350. The van der Waals surface area contributed by atoms with Crippen LogP contribution >= 0.6 is 0 Å². The summed E-state index contributed by atoms with van der Waals surface area (Å²) in [7, 11) is 0. The van der Waals surface area contributed by atoms with Gasteiger partial charge in [-0.05, 0) is 73.7 Å². The second kappa shape index (κ2) is 9.39. The van der Waals surface area contributed by atoms with E-state index in [2.05, 4.69) is 5.32 Å². The molecule has 1 amide bonds. The zero-order valence-electron chi connectivity index (χ0n) is 18.7. The quantitative estimate of drug-likeness (QED) is 0.403. The molecule has 5 rings (SSSR count). The SMILES string of the molecule is CC(OC(=O)c1c2c(nc3ccccc13)/C(=C/c1ccco1)CCC2)C(=O)NCc1ccco1. The van der Waals surface area contributed by atoms with Crippen LogP contribution < -0.4 is 5.32 Å². The number of hydrogen-bond acceptors (Lipinski definition) is 6. The molecule has 4 aromatic rings. The number of nitrogens with zero attached hydrogens (tertiary/aromatic N) is 1. The van der Waals surface area contributed by atoms with Crippen LogP contribution in [0.1, 0.15) is 52.9 Å². The molecule has 0 radical (unpaired) electrons. The van der Waals surface area contributed by atoms with Gasteiger partial charge in [-0.1, -0.05) is 18.2 Å². The van der Waals surface area contributed by atoms with E-state index >= 15 is 0 Å². The van der Waals surface area contributed by atoms with Crippen molar-refractivity contribution in [1.29, 1.82) is 0 Å². The average Bonchev–Trinajstić information content (AvgIpc) is 3.55. The molecular weight excluding hydrogens is 432 g/mol. The van der Waals surface area contributed by atoms with Gasteiger partial charge in [-0.2, -0.15) is 0 Å². The summed E-state index contributed by atoms with van der Waals surface area (Å²) in [5, 5.41) is 3.45. The summed E-state index contributed by atoms with van der Waals surface area (Å²) < 4.78 is 16.4. The van der Waals surface area contributed by atoms with Crippen LogP contribution in [0.2, 0.25) is 0 Å². The standard InChI is InChI=1S/C27H24N2O5/c1-17(26(30)28-16-20-9-6-14-33-20)34-27(31)24-21-10-2-3-12-23(21)29-25-18(7-4-11-22(24)25)15-19-8-5-13-32-19/h2-3,5-6,8-10,12-15,17H,4,7,11,16H2,1H3,(H,28,30)/b18-15+. The van der Waals surface area contributed by atoms with Crippen LogP contribution in [0, 0.1) is 0 Å². The van der Waals surface area contributed by atoms with Crippen LogP contribution in [0.5, 0.6) is 0 Å². The first kappa shape index (κ1) is 21.7. The van der Waals surface area contributed by atoms with Crippen LogP contribution in [0.25, 0.3) is 22.6 Å². The molecule has 0 spiro atoms. The Morgan fingerprint density at radius 2 is 1.91 bits per heavy atom. The molecule has 1 aliphatic rings. The lowest BCUT2D eigenvalue weighted by atomic mass is 9.86. The predicted octanol–water partition coefficient (Wildman–Crippen LogP) is 5.16. The van der Waals surface area contributed by atoms with Crippen molar-refractivity contribution < 1.29 is 23.2 Å². The van der Waals surface area contributed by atoms with Gasteiger partial charge in [-0.3, -0.25) is 4.79 Å². The highest BCUT2D eigenvalue weighted by Crippen LogP contribution is 2.36. The number of carbonyl (C=O) groups excluding carboxylic acids is 2. The zero-order chi connectivity index (χ0) is 23.5. The van der Waals surface area contributed by atoms with Crippen LogP contribution in [-0.4, -0.2) is 23.0 Å². The fourth-order valence-corrected chi connectivity index (χ4v) is 4.26. The number of pyridine rings is 1. The van der Waals surface area contributed by atoms with Gasteiger partial charge in [0.25, 0.3) is 5.91 Å². The molecule has 1 N–H and O–H groups in total. The predicted molar refractivity (Wildman–Crippen MR) is 127 cm³/mol. The number of allylic oxidation sites excluding steroid dienone is 1. The largest absolute Gasteiger partial charge is 0.467 e. The number of ether oxygens (including phenoxy) is 1. The number of furan rings is 2. The highest BCUT2D eigenvalue weighted by molar-refractivity contribution is 6.07. The van der Waals surface area contributed by atoms with Crippen molar-refractivity contribution in [2.24, 2.45) is 0 Å². The topological polar surface area (TPSA) is 94.6 Å². The molecule has 0 saturated heterocycles. The Kier molecular flexibility index (Phi) is 5.99. The fourth-order valence-electron chi connectivity index (χ4n) is 4.26. The molecule has 172 valence electrons. The minimum absolute atomic E-state index is 0.224. The minimum Gasteiger partial charge on any atom is -0.467 e. The molecule has 34 heavy (non-hydrogen) atoms. The number of para-hydroxylation sites is 1. The monoisotopic (exact) mass is 456 g/mol. The van der Waals surface area contributed by atoms with Crippen LogP contribution in [0.4, 0.5) is 0 Å². The first-order valence-corrected chi connectivity index (χ1v) is 11.3. The first-order chi connectivity index (χ1) is 16.6. The summed E-state index contributed by atoms with van der Waals surface area (Å²) in [5.74, 6) is 0.436. The van der Waals surface area contributed by atoms with Crippen molar-refractivity contribution >= 4 is 34.4 Å². The molecule has 1 unspecified atom stereocenters. The second-order valence-electron chi connectivity index (χ2n) is 8.21. The number of aromatic nitrogens is 1. The van der Waals surface area contributed by atoms with E-state index in [0.717, 1.165) is 35.4 Å². The smallest absolute Gasteiger partial charge is 0.339 e. The van der Waals surface area contributed by atoms with Gasteiger partial charge in [0.2, 0.25) is 0 Å². The molecule has 0 saturated carbocycles. The molecule has 1 atom stereocenters. The summed E-state index contributed by atoms with van der Waals surface area (Å²) in [4.78, 5) is 30.8. The van der Waals surface area contributed by atoms with Gasteiger partial charge in [0, 0.05) is 5.39 Å². The van der Waals surface area contributed by atoms with Gasteiger partial charge in [0.05, 0.1) is 35.8 Å². The summed E-state index contributed by atoms with van der Waals surface area (Å²) in [6, 6.07) is 14.7. The number of esters is 1. The van der Waals surface area contributed by atoms with Crippen LogP contribution in [0.15, 0.2) is 69.9 Å². The Morgan fingerprint density at radius 3 is 2.71 bits per heavy atom. The second-order valence-corrected chi connectivity index (χ2v) is 8.21. The molecule has 0 fully saturated rings. The molecule has 0 aliphatic heterocycles. The van der Waals surface area contributed by atoms with Gasteiger partial charge in [-0.25, -0.2) is 9.78 Å². The Morgan fingerprint density at radius 1 is 1.09 bits per heavy atom. The maximum absolute atomic E-state index is 13.4. The van der Waals surface area contributed by atoms with Gasteiger partial charge < -0.3 is 18.9 Å². The third kappa shape index (κ3) is 4.37. The van der Waals surface area contributed by atoms with Crippen LogP contribution in [0.3, 0.4) is 0 Å². The molecule has 3 heterocycles. The van der Waals surface area contributed by atoms with Crippen molar-refractivity contribution in [3.05, 3.63) is 89.4 Å². The van der Waals surface area contributed by atoms with Crippen molar-refractivity contribution in [2.45, 2.75) is 38.8 Å². The van der Waals surface area contributed by atoms with Crippen LogP contribution in [-0.2, 0) is 22.5 Å². The number of nitrogens with one attached hydrogen (secondary N) is 1. The molecule has 7 heteroatoms.